The Hall–Kier alpha value is -9.65. The van der Waals surface area contributed by atoms with Crippen molar-refractivity contribution in [3.63, 3.8) is 0 Å². The number of hydrogen-bond donors (Lipinski definition) is 17. The van der Waals surface area contributed by atoms with Gasteiger partial charge in [-0.2, -0.15) is 0 Å². The number of rotatable bonds is 35. The maximum Gasteiger partial charge on any atom is 0.322 e. The van der Waals surface area contributed by atoms with Gasteiger partial charge in [0.1, 0.15) is 66.7 Å². The summed E-state index contributed by atoms with van der Waals surface area (Å²) < 4.78 is 0. The number of guanidine groups is 1. The van der Waals surface area contributed by atoms with Gasteiger partial charge in [-0.05, 0) is 99.6 Å². The van der Waals surface area contributed by atoms with E-state index in [1.54, 1.807) is 44.3 Å². The van der Waals surface area contributed by atoms with Crippen LogP contribution in [0.3, 0.4) is 0 Å². The fourth-order valence-corrected chi connectivity index (χ4v) is 10.6. The molecule has 2 aromatic carbocycles. The number of hydrogen-bond acceptors (Lipinski definition) is 16. The van der Waals surface area contributed by atoms with Gasteiger partial charge in [-0.1, -0.05) is 44.2 Å². The number of H-pyrrole nitrogens is 2. The fourth-order valence-electron chi connectivity index (χ4n) is 10.6. The van der Waals surface area contributed by atoms with Crippen LogP contribution in [-0.4, -0.2) is 193 Å². The van der Waals surface area contributed by atoms with Crippen molar-refractivity contribution in [3.05, 3.63) is 84.1 Å². The van der Waals surface area contributed by atoms with E-state index in [1.165, 1.54) is 41.7 Å². The van der Waals surface area contributed by atoms with Crippen molar-refractivity contribution in [2.24, 2.45) is 28.1 Å². The number of para-hydroxylation sites is 1. The lowest BCUT2D eigenvalue weighted by molar-refractivity contribution is -0.143. The van der Waals surface area contributed by atoms with Crippen LogP contribution in [0.1, 0.15) is 94.9 Å². The monoisotopic (exact) mass is 1250 g/mol. The smallest absolute Gasteiger partial charge is 0.322 e. The number of benzene rings is 2. The average Bonchev–Trinajstić information content (AvgIpc) is 3.74. The number of aromatic amines is 2. The standard InChI is InChI=1S/C59H83N17O14/c1-32(2)23-42(52(84)70-41(12-7-21-64-59(61)62)58(90)76-22-8-13-47(76)57(89)66-29-49(80)81)71-50(82)39(11-5-6-20-60)69-53(85)43(24-33-14-16-36(78)17-15-33)72-56(88)46(30-77)75-54(86)44(25-34-27-65-38-10-4-3-9-37(34)38)73-55(87)45(26-35-28-63-31-67-35)74-51(83)40-18-19-48(79)68-40/h3-4,9-10,14-17,27-28,31-32,39-47,65,77-78H,5-8,11-13,18-26,29-30,60H2,1-2H3,(H,63,67)(H,66,89)(H,68,79)(H,69,85)(H,70,84)(H,71,82)(H,72,88)(H,73,87)(H,74,83)(H,75,86)(H,80,81)(H4,61,62,64)/t39-,40+,41+,42+,43+,44+,45+,46+,47+/m1/s1. The van der Waals surface area contributed by atoms with E-state index in [-0.39, 0.29) is 114 Å². The summed E-state index contributed by atoms with van der Waals surface area (Å²) in [5, 5.41) is 54.3. The van der Waals surface area contributed by atoms with E-state index in [9.17, 15) is 63.0 Å². The molecule has 2 aromatic heterocycles. The third-order valence-electron chi connectivity index (χ3n) is 15.2. The Bertz CT molecular complexity index is 3170. The third-order valence-corrected chi connectivity index (χ3v) is 15.2. The normalized spacial score (nSPS) is 16.9. The highest BCUT2D eigenvalue weighted by Gasteiger charge is 2.40. The maximum absolute atomic E-state index is 14.7. The number of unbranched alkanes of at least 4 members (excludes halogenated alkanes) is 1. The minimum atomic E-state index is -1.78. The number of aliphatic carboxylic acids is 1. The summed E-state index contributed by atoms with van der Waals surface area (Å²) >= 11 is 0. The molecule has 0 aliphatic carbocycles. The van der Waals surface area contributed by atoms with Gasteiger partial charge < -0.3 is 95.2 Å². The number of phenols is 1. The number of aromatic hydroxyl groups is 1. The predicted molar refractivity (Wildman–Crippen MR) is 326 cm³/mol. The number of carbonyl (C=O) groups excluding carboxylic acids is 10. The molecule has 4 aromatic rings. The Morgan fingerprint density at radius 1 is 0.711 bits per heavy atom. The number of aromatic nitrogens is 3. The van der Waals surface area contributed by atoms with Gasteiger partial charge >= 0.3 is 5.97 Å². The number of amides is 10. The summed E-state index contributed by atoms with van der Waals surface area (Å²) in [6.07, 6.45) is 5.67. The van der Waals surface area contributed by atoms with E-state index in [1.807, 2.05) is 0 Å². The minimum absolute atomic E-state index is 0.0166. The number of nitrogens with one attached hydrogen (secondary N) is 11. The second-order valence-corrected chi connectivity index (χ2v) is 22.6. The number of carbonyl (C=O) groups is 11. The Morgan fingerprint density at radius 2 is 1.32 bits per heavy atom. The molecule has 2 fully saturated rings. The van der Waals surface area contributed by atoms with Crippen LogP contribution < -0.4 is 65.1 Å². The van der Waals surface area contributed by atoms with Gasteiger partial charge in [0.25, 0.3) is 0 Å². The summed E-state index contributed by atoms with van der Waals surface area (Å²) in [6, 6.07) is 0.722. The van der Waals surface area contributed by atoms with Crippen LogP contribution in [-0.2, 0) is 72.0 Å². The summed E-state index contributed by atoms with van der Waals surface area (Å²) in [7, 11) is 0. The van der Waals surface area contributed by atoms with Gasteiger partial charge in [-0.25, -0.2) is 4.98 Å². The molecule has 0 saturated carbocycles. The fraction of sp³-hybridized carbons (Fsp3) is 0.508. The molecule has 90 heavy (non-hydrogen) atoms. The van der Waals surface area contributed by atoms with Gasteiger partial charge in [0.2, 0.25) is 59.1 Å². The highest BCUT2D eigenvalue weighted by Crippen LogP contribution is 2.22. The Balaban J connectivity index is 1.23. The summed E-state index contributed by atoms with van der Waals surface area (Å²) in [4.78, 5) is 166. The number of aliphatic hydroxyl groups excluding tert-OH is 1. The average molecular weight is 1250 g/mol. The Labute approximate surface area is 518 Å². The molecule has 488 valence electrons. The van der Waals surface area contributed by atoms with E-state index in [4.69, 9.17) is 22.3 Å². The zero-order chi connectivity index (χ0) is 65.4. The number of likely N-dealkylation sites (tertiary alicyclic amines) is 1. The molecule has 0 unspecified atom stereocenters. The molecule has 31 nitrogen and oxygen atoms in total. The van der Waals surface area contributed by atoms with Crippen LogP contribution in [0.4, 0.5) is 0 Å². The molecule has 20 N–H and O–H groups in total. The quantitative estimate of drug-likeness (QED) is 0.0122. The summed E-state index contributed by atoms with van der Waals surface area (Å²) in [5.74, 6) is -9.58. The predicted octanol–water partition coefficient (Wildman–Crippen LogP) is -3.29. The summed E-state index contributed by atoms with van der Waals surface area (Å²) in [6.45, 7) is 2.27. The molecule has 31 heteroatoms. The molecule has 2 saturated heterocycles. The molecule has 0 bridgehead atoms. The SMILES string of the molecule is CC(C)C[C@H](NC(=O)[C@@H](CCCCN)NC(=O)[C@H](Cc1ccc(O)cc1)NC(=O)[C@H](CO)NC(=O)[C@H](Cc1c[nH]c2ccccc12)NC(=O)[C@H](Cc1cnc[nH]1)NC(=O)[C@@H]1CCC(=O)N1)C(=O)N[C@@H](CCCN=C(N)N)C(=O)N1CCC[C@H]1C(=O)NCC(=O)O. The first-order chi connectivity index (χ1) is 43.0. The number of carboxylic acids is 1. The maximum atomic E-state index is 14.7. The first kappa shape index (κ1) is 69.5. The molecule has 9 atom stereocenters. The molecule has 0 spiro atoms. The van der Waals surface area contributed by atoms with Crippen LogP contribution in [0.25, 0.3) is 10.9 Å². The Kier molecular flexibility index (Phi) is 26.4. The van der Waals surface area contributed by atoms with Gasteiger partial charge in [-0.3, -0.25) is 57.7 Å². The number of imidazole rings is 1. The van der Waals surface area contributed by atoms with E-state index in [0.717, 1.165) is 0 Å². The number of nitrogens with zero attached hydrogens (tertiary/aromatic N) is 3. The lowest BCUT2D eigenvalue weighted by Gasteiger charge is -2.30. The first-order valence-electron chi connectivity index (χ1n) is 29.9. The van der Waals surface area contributed by atoms with Gasteiger partial charge in [-0.15, -0.1) is 0 Å². The van der Waals surface area contributed by atoms with Crippen LogP contribution in [0, 0.1) is 5.92 Å². The number of fused-ring (bicyclic) bond motifs is 1. The second-order valence-electron chi connectivity index (χ2n) is 22.6. The topological polar surface area (TPSA) is 495 Å². The summed E-state index contributed by atoms with van der Waals surface area (Å²) in [5.41, 5.74) is 19.0. The molecule has 2 aliphatic rings. The van der Waals surface area contributed by atoms with Crippen LogP contribution in [0.2, 0.25) is 0 Å². The zero-order valence-electron chi connectivity index (χ0n) is 50.3. The van der Waals surface area contributed by atoms with Gasteiger partial charge in [0.15, 0.2) is 5.96 Å². The second kappa shape index (κ2) is 34.2. The number of carboxylic acid groups (broad SMARTS) is 1. The van der Waals surface area contributed by atoms with Crippen molar-refractivity contribution in [1.29, 1.82) is 0 Å². The van der Waals surface area contributed by atoms with Crippen LogP contribution >= 0.6 is 0 Å². The van der Waals surface area contributed by atoms with E-state index < -0.39 is 127 Å². The Morgan fingerprint density at radius 3 is 1.96 bits per heavy atom. The van der Waals surface area contributed by atoms with E-state index in [2.05, 4.69) is 67.8 Å². The van der Waals surface area contributed by atoms with Crippen LogP contribution in [0.5, 0.6) is 5.75 Å². The van der Waals surface area contributed by atoms with Crippen molar-refractivity contribution in [2.45, 2.75) is 152 Å². The van der Waals surface area contributed by atoms with Crippen molar-refractivity contribution < 1.29 is 68.1 Å². The van der Waals surface area contributed by atoms with Crippen molar-refractivity contribution in [1.82, 2.24) is 67.7 Å². The molecule has 4 heterocycles. The largest absolute Gasteiger partial charge is 0.508 e. The molecule has 2 aliphatic heterocycles. The van der Waals surface area contributed by atoms with Gasteiger partial charge in [0.05, 0.1) is 12.9 Å². The van der Waals surface area contributed by atoms with E-state index >= 15 is 0 Å². The van der Waals surface area contributed by atoms with E-state index in [0.29, 0.717) is 40.6 Å². The number of aliphatic hydroxyl groups is 1. The number of aliphatic imine (C=N–C) groups is 1. The third kappa shape index (κ3) is 21.0. The van der Waals surface area contributed by atoms with Crippen molar-refractivity contribution in [3.8, 4) is 5.75 Å². The molecule has 6 rings (SSSR count). The molecular formula is C59H83N17O14. The number of nitrogens with two attached hydrogens (primary N) is 3. The van der Waals surface area contributed by atoms with Crippen molar-refractivity contribution >= 4 is 81.9 Å². The highest BCUT2D eigenvalue weighted by atomic mass is 16.4. The minimum Gasteiger partial charge on any atom is -0.508 e. The van der Waals surface area contributed by atoms with Gasteiger partial charge in [0, 0.05) is 67.8 Å². The molecule has 0 radical (unpaired) electrons. The lowest BCUT2D eigenvalue weighted by atomic mass is 10.00. The van der Waals surface area contributed by atoms with Crippen LogP contribution in [0.15, 0.2) is 72.2 Å². The number of phenolic OH excluding ortho intramolecular Hbond substituents is 1. The zero-order valence-corrected chi connectivity index (χ0v) is 50.3. The highest BCUT2D eigenvalue weighted by molar-refractivity contribution is 5.99. The molecule has 10 amide bonds. The molecular weight excluding hydrogens is 1170 g/mol. The van der Waals surface area contributed by atoms with Crippen molar-refractivity contribution in [2.75, 3.05) is 32.8 Å². The first-order valence-corrected chi connectivity index (χ1v) is 29.9. The lowest BCUT2D eigenvalue weighted by Crippen LogP contribution is -2.61.